The molecule has 46 valence electrons. The summed E-state index contributed by atoms with van der Waals surface area (Å²) in [5, 5.41) is -0.0554. The summed E-state index contributed by atoms with van der Waals surface area (Å²) < 4.78 is 0. The van der Waals surface area contributed by atoms with E-state index in [-0.39, 0.29) is 5.11 Å². The molecule has 0 saturated heterocycles. The second-order valence-corrected chi connectivity index (χ2v) is 1.50. The number of carbonyl (C=O) groups is 1. The van der Waals surface area contributed by atoms with Crippen molar-refractivity contribution in [3.8, 4) is 0 Å². The Morgan fingerprint density at radius 1 is 1.88 bits per heavy atom. The van der Waals surface area contributed by atoms with Gasteiger partial charge in [-0.3, -0.25) is 4.79 Å². The lowest BCUT2D eigenvalue weighted by atomic mass is 10.8. The molecular weight excluding hydrogens is 128 g/mol. The number of hydrogen-bond acceptors (Lipinski definition) is 3. The van der Waals surface area contributed by atoms with Crippen LogP contribution in [-0.4, -0.2) is 11.1 Å². The van der Waals surface area contributed by atoms with Crippen LogP contribution < -0.4 is 11.2 Å². The lowest BCUT2D eigenvalue weighted by Gasteiger charge is -1.98. The van der Waals surface area contributed by atoms with Gasteiger partial charge in [-0.25, -0.2) is 0 Å². The summed E-state index contributed by atoms with van der Waals surface area (Å²) in [6.07, 6.45) is 0. The first-order valence-electron chi connectivity index (χ1n) is 1.86. The molecule has 0 unspecified atom stereocenters. The molecule has 0 radical (unpaired) electrons. The second-order valence-electron chi connectivity index (χ2n) is 1.06. The smallest absolute Gasteiger partial charge is 0.329 e. The van der Waals surface area contributed by atoms with E-state index in [0.717, 1.165) is 0 Å². The summed E-state index contributed by atoms with van der Waals surface area (Å²) in [5.74, 6) is -0.474. The molecule has 4 nitrogen and oxygen atoms in total. The molecule has 0 amide bonds. The Balaban J connectivity index is 3.18. The molecular formula is C3H6N2O2S. The molecule has 0 heterocycles. The molecule has 0 fully saturated rings. The standard InChI is InChI=1S/C3H6N2O2S/c1-2(6)7-5-3(4)8/h1H3,(H3,4,5,8). The van der Waals surface area contributed by atoms with Gasteiger partial charge in [-0.1, -0.05) is 0 Å². The van der Waals surface area contributed by atoms with Crippen LogP contribution in [-0.2, 0) is 9.63 Å². The fourth-order valence-corrected chi connectivity index (χ4v) is 0.164. The van der Waals surface area contributed by atoms with Crippen LogP contribution in [0.5, 0.6) is 0 Å². The molecule has 0 aromatic heterocycles. The lowest BCUT2D eigenvalue weighted by molar-refractivity contribution is -0.144. The minimum Gasteiger partial charge on any atom is -0.374 e. The fourth-order valence-electron chi connectivity index (χ4n) is 0.122. The summed E-state index contributed by atoms with van der Waals surface area (Å²) >= 11 is 4.30. The van der Waals surface area contributed by atoms with Crippen molar-refractivity contribution in [3.63, 3.8) is 0 Å². The third-order valence-corrected chi connectivity index (χ3v) is 0.379. The lowest BCUT2D eigenvalue weighted by Crippen LogP contribution is -2.30. The molecule has 0 aliphatic heterocycles. The third-order valence-electron chi connectivity index (χ3n) is 0.295. The summed E-state index contributed by atoms with van der Waals surface area (Å²) in [6, 6.07) is 0. The first-order chi connectivity index (χ1) is 3.63. The topological polar surface area (TPSA) is 64.3 Å². The Morgan fingerprint density at radius 2 is 2.38 bits per heavy atom. The molecule has 0 spiro atoms. The van der Waals surface area contributed by atoms with E-state index in [9.17, 15) is 4.79 Å². The first-order valence-corrected chi connectivity index (χ1v) is 2.26. The zero-order valence-corrected chi connectivity index (χ0v) is 5.12. The highest BCUT2D eigenvalue weighted by Crippen LogP contribution is 1.65. The minimum absolute atomic E-state index is 0.0554. The van der Waals surface area contributed by atoms with Crippen molar-refractivity contribution in [1.82, 2.24) is 5.48 Å². The Kier molecular flexibility index (Phi) is 2.86. The number of hydroxylamine groups is 1. The van der Waals surface area contributed by atoms with Crippen LogP contribution in [0.25, 0.3) is 0 Å². The van der Waals surface area contributed by atoms with Crippen LogP contribution in [0.3, 0.4) is 0 Å². The Morgan fingerprint density at radius 3 is 2.50 bits per heavy atom. The third kappa shape index (κ3) is 5.16. The Hall–Kier alpha value is -0.840. The SMILES string of the molecule is CC(=O)ONC(N)=S. The molecule has 0 aliphatic rings. The van der Waals surface area contributed by atoms with E-state index in [0.29, 0.717) is 0 Å². The Labute approximate surface area is 51.9 Å². The summed E-state index contributed by atoms with van der Waals surface area (Å²) in [7, 11) is 0. The van der Waals surface area contributed by atoms with Gasteiger partial charge in [-0.05, 0) is 12.2 Å². The van der Waals surface area contributed by atoms with Crippen LogP contribution in [0.1, 0.15) is 6.92 Å². The van der Waals surface area contributed by atoms with E-state index in [4.69, 9.17) is 5.73 Å². The van der Waals surface area contributed by atoms with Crippen molar-refractivity contribution < 1.29 is 9.63 Å². The number of hydrogen-bond donors (Lipinski definition) is 2. The van der Waals surface area contributed by atoms with Gasteiger partial charge in [0, 0.05) is 6.92 Å². The Bertz CT molecular complexity index is 99.9. The minimum atomic E-state index is -0.474. The van der Waals surface area contributed by atoms with E-state index in [1.165, 1.54) is 6.92 Å². The highest BCUT2D eigenvalue weighted by molar-refractivity contribution is 7.80. The maximum atomic E-state index is 9.95. The van der Waals surface area contributed by atoms with Gasteiger partial charge < -0.3 is 10.6 Å². The van der Waals surface area contributed by atoms with Crippen molar-refractivity contribution in [2.24, 2.45) is 5.73 Å². The van der Waals surface area contributed by atoms with Gasteiger partial charge in [0.25, 0.3) is 0 Å². The fraction of sp³-hybridized carbons (Fsp3) is 0.333. The van der Waals surface area contributed by atoms with Crippen LogP contribution in [0.4, 0.5) is 0 Å². The van der Waals surface area contributed by atoms with Gasteiger partial charge in [-0.2, -0.15) is 5.48 Å². The molecule has 0 aliphatic carbocycles. The van der Waals surface area contributed by atoms with Crippen LogP contribution in [0.15, 0.2) is 0 Å². The highest BCUT2D eigenvalue weighted by Gasteiger charge is 1.89. The molecule has 0 aromatic carbocycles. The van der Waals surface area contributed by atoms with E-state index in [1.807, 2.05) is 5.48 Å². The summed E-state index contributed by atoms with van der Waals surface area (Å²) in [6.45, 7) is 1.24. The van der Waals surface area contributed by atoms with Crippen LogP contribution in [0.2, 0.25) is 0 Å². The number of rotatable bonds is 0. The van der Waals surface area contributed by atoms with E-state index < -0.39 is 5.97 Å². The van der Waals surface area contributed by atoms with Gasteiger partial charge in [0.1, 0.15) is 0 Å². The number of nitrogens with one attached hydrogen (secondary N) is 1. The van der Waals surface area contributed by atoms with Gasteiger partial charge in [0.05, 0.1) is 0 Å². The molecule has 0 aromatic rings. The predicted molar refractivity (Wildman–Crippen MR) is 31.7 cm³/mol. The van der Waals surface area contributed by atoms with Gasteiger partial charge >= 0.3 is 5.97 Å². The maximum Gasteiger partial charge on any atom is 0.329 e. The maximum absolute atomic E-state index is 9.95. The average Bonchev–Trinajstić information content (AvgIpc) is 1.61. The predicted octanol–water partition coefficient (Wildman–Crippen LogP) is -0.702. The van der Waals surface area contributed by atoms with Crippen molar-refractivity contribution in [2.75, 3.05) is 0 Å². The van der Waals surface area contributed by atoms with E-state index in [1.54, 1.807) is 0 Å². The number of thiocarbonyl (C=S) groups is 1. The van der Waals surface area contributed by atoms with Gasteiger partial charge in [0.15, 0.2) is 5.11 Å². The van der Waals surface area contributed by atoms with Gasteiger partial charge in [0.2, 0.25) is 0 Å². The largest absolute Gasteiger partial charge is 0.374 e. The van der Waals surface area contributed by atoms with Crippen LogP contribution in [0, 0.1) is 0 Å². The van der Waals surface area contributed by atoms with Crippen molar-refractivity contribution in [3.05, 3.63) is 0 Å². The summed E-state index contributed by atoms with van der Waals surface area (Å²) in [4.78, 5) is 14.1. The second kappa shape index (κ2) is 3.20. The zero-order chi connectivity index (χ0) is 6.57. The zero-order valence-electron chi connectivity index (χ0n) is 4.30. The van der Waals surface area contributed by atoms with Crippen molar-refractivity contribution >= 4 is 23.3 Å². The highest BCUT2D eigenvalue weighted by atomic mass is 32.1. The van der Waals surface area contributed by atoms with Crippen LogP contribution >= 0.6 is 12.2 Å². The molecule has 0 atom stereocenters. The number of carbonyl (C=O) groups excluding carboxylic acids is 1. The number of nitrogens with two attached hydrogens (primary N) is 1. The molecule has 0 rings (SSSR count). The quantitative estimate of drug-likeness (QED) is 0.339. The van der Waals surface area contributed by atoms with Crippen molar-refractivity contribution in [1.29, 1.82) is 0 Å². The molecule has 8 heavy (non-hydrogen) atoms. The monoisotopic (exact) mass is 134 g/mol. The van der Waals surface area contributed by atoms with Crippen molar-refractivity contribution in [2.45, 2.75) is 6.92 Å². The summed E-state index contributed by atoms with van der Waals surface area (Å²) in [5.41, 5.74) is 6.89. The molecule has 0 bridgehead atoms. The normalized spacial score (nSPS) is 7.62. The van der Waals surface area contributed by atoms with E-state index in [2.05, 4.69) is 17.1 Å². The molecule has 5 heteroatoms. The van der Waals surface area contributed by atoms with Gasteiger partial charge in [-0.15, -0.1) is 0 Å². The molecule has 3 N–H and O–H groups in total. The average molecular weight is 134 g/mol. The van der Waals surface area contributed by atoms with E-state index >= 15 is 0 Å². The molecule has 0 saturated carbocycles. The first kappa shape index (κ1) is 7.16.